The molecule has 2 aliphatic heterocycles. The lowest BCUT2D eigenvalue weighted by molar-refractivity contribution is -0.199. The zero-order valence-corrected chi connectivity index (χ0v) is 13.6. The molecule has 0 saturated carbocycles. The van der Waals surface area contributed by atoms with Crippen LogP contribution in [0.4, 0.5) is 0 Å². The minimum Gasteiger partial charge on any atom is -0.387 e. The number of aliphatic hydroxyl groups is 1. The smallest absolute Gasteiger partial charge is 0.330 e. The lowest BCUT2D eigenvalue weighted by atomic mass is 10.1. The Balaban J connectivity index is 1.69. The number of aliphatic hydroxyl groups excluding tert-OH is 1. The molecule has 0 amide bonds. The highest BCUT2D eigenvalue weighted by Gasteiger charge is 2.45. The maximum absolute atomic E-state index is 12.0. The molecule has 9 heteroatoms. The number of hydroxylamine groups is 2. The number of piperidine rings is 1. The fourth-order valence-corrected chi connectivity index (χ4v) is 3.14. The van der Waals surface area contributed by atoms with Gasteiger partial charge < -0.3 is 14.6 Å². The van der Waals surface area contributed by atoms with E-state index in [1.54, 1.807) is 0 Å². The molecule has 1 aromatic heterocycles. The summed E-state index contributed by atoms with van der Waals surface area (Å²) in [6.45, 7) is 1.90. The summed E-state index contributed by atoms with van der Waals surface area (Å²) in [6, 6.07) is 1.22. The molecule has 0 bridgehead atoms. The van der Waals surface area contributed by atoms with E-state index in [4.69, 9.17) is 14.3 Å². The molecule has 2 aliphatic rings. The van der Waals surface area contributed by atoms with Gasteiger partial charge in [0.1, 0.15) is 18.3 Å². The number of nitrogens with one attached hydrogen (secondary N) is 1. The quantitative estimate of drug-likeness (QED) is 0.724. The molecule has 1 unspecified atom stereocenters. The SMILES string of the molecule is CO[C@H]1C(O)[C@@H](CON2CCCCC2)O[C@H]1n1ccc(=O)[nH]c1=O. The first kappa shape index (κ1) is 17.3. The van der Waals surface area contributed by atoms with Gasteiger partial charge in [0, 0.05) is 32.5 Å². The minimum atomic E-state index is -0.941. The van der Waals surface area contributed by atoms with Gasteiger partial charge in [0.15, 0.2) is 6.23 Å². The van der Waals surface area contributed by atoms with Crippen LogP contribution in [0.15, 0.2) is 21.9 Å². The third kappa shape index (κ3) is 3.60. The van der Waals surface area contributed by atoms with E-state index < -0.39 is 35.8 Å². The molecular formula is C15H23N3O6. The standard InChI is InChI=1S/C15H23N3O6/c1-22-13-12(20)10(9-23-17-6-3-2-4-7-17)24-14(13)18-8-5-11(19)16-15(18)21/h5,8,10,12-14,20H,2-4,6-7,9H2,1H3,(H,16,19,21)/t10-,12?,13+,14-/m1/s1. The molecule has 134 valence electrons. The van der Waals surface area contributed by atoms with Crippen LogP contribution in [0.3, 0.4) is 0 Å². The molecule has 24 heavy (non-hydrogen) atoms. The number of nitrogens with zero attached hydrogens (tertiary/aromatic N) is 2. The molecular weight excluding hydrogens is 318 g/mol. The van der Waals surface area contributed by atoms with Crippen LogP contribution in [0.25, 0.3) is 0 Å². The summed E-state index contributed by atoms with van der Waals surface area (Å²) in [5.41, 5.74) is -1.10. The van der Waals surface area contributed by atoms with Crippen LogP contribution in [-0.4, -0.2) is 64.8 Å². The highest BCUT2D eigenvalue weighted by molar-refractivity contribution is 4.93. The van der Waals surface area contributed by atoms with E-state index in [9.17, 15) is 14.7 Å². The number of methoxy groups -OCH3 is 1. The monoisotopic (exact) mass is 341 g/mol. The first-order valence-corrected chi connectivity index (χ1v) is 8.16. The van der Waals surface area contributed by atoms with Gasteiger partial charge in [0.05, 0.1) is 6.61 Å². The van der Waals surface area contributed by atoms with E-state index in [0.29, 0.717) is 0 Å². The third-order valence-electron chi connectivity index (χ3n) is 4.45. The Morgan fingerprint density at radius 1 is 1.33 bits per heavy atom. The Morgan fingerprint density at radius 3 is 2.75 bits per heavy atom. The van der Waals surface area contributed by atoms with Gasteiger partial charge in [-0.05, 0) is 12.8 Å². The Bertz CT molecular complexity index is 653. The van der Waals surface area contributed by atoms with Crippen molar-refractivity contribution in [2.75, 3.05) is 26.8 Å². The topological polar surface area (TPSA) is 106 Å². The normalized spacial score (nSPS) is 31.4. The van der Waals surface area contributed by atoms with E-state index in [1.807, 2.05) is 5.06 Å². The molecule has 2 saturated heterocycles. The summed E-state index contributed by atoms with van der Waals surface area (Å²) in [4.78, 5) is 31.0. The lowest BCUT2D eigenvalue weighted by Crippen LogP contribution is -2.39. The number of ether oxygens (including phenoxy) is 2. The number of aromatic nitrogens is 2. The van der Waals surface area contributed by atoms with Gasteiger partial charge in [-0.3, -0.25) is 19.2 Å². The molecule has 3 heterocycles. The number of aromatic amines is 1. The van der Waals surface area contributed by atoms with Crippen LogP contribution in [0, 0.1) is 0 Å². The van der Waals surface area contributed by atoms with Crippen molar-refractivity contribution in [3.63, 3.8) is 0 Å². The summed E-state index contributed by atoms with van der Waals surface area (Å²) >= 11 is 0. The molecule has 0 aromatic carbocycles. The van der Waals surface area contributed by atoms with Crippen LogP contribution in [-0.2, 0) is 14.3 Å². The average molecular weight is 341 g/mol. The van der Waals surface area contributed by atoms with E-state index in [2.05, 4.69) is 4.98 Å². The first-order chi connectivity index (χ1) is 11.6. The number of hydrogen-bond acceptors (Lipinski definition) is 7. The predicted octanol–water partition coefficient (Wildman–Crippen LogP) is -0.773. The highest BCUT2D eigenvalue weighted by Crippen LogP contribution is 2.30. The van der Waals surface area contributed by atoms with Crippen molar-refractivity contribution in [3.8, 4) is 0 Å². The maximum atomic E-state index is 12.0. The number of rotatable bonds is 5. The van der Waals surface area contributed by atoms with E-state index >= 15 is 0 Å². The zero-order valence-electron chi connectivity index (χ0n) is 13.6. The second-order valence-electron chi connectivity index (χ2n) is 6.06. The first-order valence-electron chi connectivity index (χ1n) is 8.16. The van der Waals surface area contributed by atoms with Crippen molar-refractivity contribution in [2.24, 2.45) is 0 Å². The van der Waals surface area contributed by atoms with Crippen molar-refractivity contribution in [1.82, 2.24) is 14.6 Å². The average Bonchev–Trinajstić information content (AvgIpc) is 2.89. The molecule has 4 atom stereocenters. The van der Waals surface area contributed by atoms with Crippen LogP contribution in [0.5, 0.6) is 0 Å². The van der Waals surface area contributed by atoms with Crippen molar-refractivity contribution in [2.45, 2.75) is 43.8 Å². The molecule has 9 nitrogen and oxygen atoms in total. The molecule has 2 N–H and O–H groups in total. The number of hydrogen-bond donors (Lipinski definition) is 2. The van der Waals surface area contributed by atoms with Crippen molar-refractivity contribution >= 4 is 0 Å². The van der Waals surface area contributed by atoms with Gasteiger partial charge in [-0.15, -0.1) is 0 Å². The largest absolute Gasteiger partial charge is 0.387 e. The van der Waals surface area contributed by atoms with E-state index in [-0.39, 0.29) is 6.61 Å². The van der Waals surface area contributed by atoms with E-state index in [1.165, 1.54) is 30.4 Å². The Morgan fingerprint density at radius 2 is 2.08 bits per heavy atom. The van der Waals surface area contributed by atoms with Crippen molar-refractivity contribution in [1.29, 1.82) is 0 Å². The summed E-state index contributed by atoms with van der Waals surface area (Å²) < 4.78 is 12.3. The lowest BCUT2D eigenvalue weighted by Gasteiger charge is -2.27. The van der Waals surface area contributed by atoms with Gasteiger partial charge in [-0.2, -0.15) is 5.06 Å². The summed E-state index contributed by atoms with van der Waals surface area (Å²) in [6.07, 6.45) is 1.58. The summed E-state index contributed by atoms with van der Waals surface area (Å²) in [5, 5.41) is 12.3. The molecule has 0 aliphatic carbocycles. The van der Waals surface area contributed by atoms with Gasteiger partial charge in [0.2, 0.25) is 0 Å². The molecule has 0 radical (unpaired) electrons. The van der Waals surface area contributed by atoms with Gasteiger partial charge in [0.25, 0.3) is 5.56 Å². The Kier molecular flexibility index (Phi) is 5.47. The fourth-order valence-electron chi connectivity index (χ4n) is 3.14. The van der Waals surface area contributed by atoms with Gasteiger partial charge in [-0.25, -0.2) is 4.79 Å². The van der Waals surface area contributed by atoms with Crippen LogP contribution in [0.2, 0.25) is 0 Å². The summed E-state index contributed by atoms with van der Waals surface area (Å²) in [7, 11) is 1.44. The predicted molar refractivity (Wildman–Crippen MR) is 83.4 cm³/mol. The van der Waals surface area contributed by atoms with E-state index in [0.717, 1.165) is 25.9 Å². The minimum absolute atomic E-state index is 0.176. The molecule has 1 aromatic rings. The van der Waals surface area contributed by atoms with Crippen molar-refractivity contribution in [3.05, 3.63) is 33.1 Å². The zero-order chi connectivity index (χ0) is 17.1. The Labute approximate surface area is 138 Å². The third-order valence-corrected chi connectivity index (χ3v) is 4.45. The maximum Gasteiger partial charge on any atom is 0.330 e. The molecule has 3 rings (SSSR count). The van der Waals surface area contributed by atoms with Gasteiger partial charge in [-0.1, -0.05) is 6.42 Å². The second kappa shape index (κ2) is 7.58. The second-order valence-corrected chi connectivity index (χ2v) is 6.06. The Hall–Kier alpha value is -1.52. The van der Waals surface area contributed by atoms with Crippen LogP contribution in [0.1, 0.15) is 25.5 Å². The molecule has 2 fully saturated rings. The van der Waals surface area contributed by atoms with Gasteiger partial charge >= 0.3 is 5.69 Å². The summed E-state index contributed by atoms with van der Waals surface area (Å²) in [5.74, 6) is 0. The molecule has 0 spiro atoms. The van der Waals surface area contributed by atoms with Crippen LogP contribution < -0.4 is 11.2 Å². The van der Waals surface area contributed by atoms with Crippen molar-refractivity contribution < 1.29 is 19.4 Å². The van der Waals surface area contributed by atoms with Crippen LogP contribution >= 0.6 is 0 Å². The number of H-pyrrole nitrogens is 1. The highest BCUT2D eigenvalue weighted by atomic mass is 16.7. The fraction of sp³-hybridized carbons (Fsp3) is 0.733.